The second-order valence-corrected chi connectivity index (χ2v) is 7.37. The van der Waals surface area contributed by atoms with Crippen LogP contribution in [0.25, 0.3) is 0 Å². The van der Waals surface area contributed by atoms with Gasteiger partial charge in [-0.25, -0.2) is 4.68 Å². The summed E-state index contributed by atoms with van der Waals surface area (Å²) in [6.45, 7) is 2.58. The number of nitrogens with one attached hydrogen (secondary N) is 1. The third-order valence-electron chi connectivity index (χ3n) is 4.83. The normalized spacial score (nSPS) is 18.8. The Kier molecular flexibility index (Phi) is 6.61. The minimum atomic E-state index is -0.257. The third kappa shape index (κ3) is 5.53. The van der Waals surface area contributed by atoms with E-state index < -0.39 is 0 Å². The van der Waals surface area contributed by atoms with Crippen LogP contribution >= 0.6 is 0 Å². The van der Waals surface area contributed by atoms with E-state index in [1.807, 2.05) is 12.1 Å². The van der Waals surface area contributed by atoms with E-state index >= 15 is 0 Å². The summed E-state index contributed by atoms with van der Waals surface area (Å²) in [6, 6.07) is 5.49. The van der Waals surface area contributed by atoms with Gasteiger partial charge in [0.15, 0.2) is 0 Å². The summed E-state index contributed by atoms with van der Waals surface area (Å²) in [5, 5.41) is 7.21. The number of allylic oxidation sites excluding steroid dienone is 3. The fourth-order valence-corrected chi connectivity index (χ4v) is 2.99. The molecule has 2 unspecified atom stereocenters. The molecule has 1 saturated carbocycles. The molecule has 1 aliphatic carbocycles. The lowest BCUT2D eigenvalue weighted by Crippen LogP contribution is -2.25. The van der Waals surface area contributed by atoms with E-state index in [0.29, 0.717) is 47.9 Å². The molecule has 1 aliphatic rings. The maximum atomic E-state index is 12.3. The van der Waals surface area contributed by atoms with Crippen LogP contribution in [0.3, 0.4) is 0 Å². The summed E-state index contributed by atoms with van der Waals surface area (Å²) in [7, 11) is 3.21. The SMILES string of the molecule is COc1ccc(C2CC2COc2cc(NC/C(N)=C/C=C(/C)N)c(=O)n(C)n2)nc1. The number of ether oxygens (including phenoxy) is 2. The summed E-state index contributed by atoms with van der Waals surface area (Å²) >= 11 is 0. The summed E-state index contributed by atoms with van der Waals surface area (Å²) in [5.41, 5.74) is 13.9. The van der Waals surface area contributed by atoms with Gasteiger partial charge in [0.25, 0.3) is 5.56 Å². The van der Waals surface area contributed by atoms with E-state index in [-0.39, 0.29) is 5.56 Å². The molecule has 5 N–H and O–H groups in total. The van der Waals surface area contributed by atoms with E-state index in [4.69, 9.17) is 20.9 Å². The molecular formula is C21H28N6O3. The lowest BCUT2D eigenvalue weighted by Gasteiger charge is -2.11. The lowest BCUT2D eigenvalue weighted by molar-refractivity contribution is 0.278. The van der Waals surface area contributed by atoms with E-state index in [1.54, 1.807) is 45.5 Å². The van der Waals surface area contributed by atoms with Gasteiger partial charge >= 0.3 is 0 Å². The molecule has 3 rings (SSSR count). The van der Waals surface area contributed by atoms with Crippen LogP contribution in [0, 0.1) is 5.92 Å². The number of hydrogen-bond donors (Lipinski definition) is 3. The number of methoxy groups -OCH3 is 1. The fraction of sp³-hybridized carbons (Fsp3) is 0.381. The lowest BCUT2D eigenvalue weighted by atomic mass is 10.2. The van der Waals surface area contributed by atoms with Crippen molar-refractivity contribution in [1.29, 1.82) is 0 Å². The van der Waals surface area contributed by atoms with Crippen LogP contribution in [0.2, 0.25) is 0 Å². The smallest absolute Gasteiger partial charge is 0.290 e. The molecule has 2 aromatic rings. The van der Waals surface area contributed by atoms with E-state index in [0.717, 1.165) is 17.9 Å². The number of nitrogens with two attached hydrogens (primary N) is 2. The van der Waals surface area contributed by atoms with Crippen molar-refractivity contribution in [3.8, 4) is 11.6 Å². The molecule has 9 heteroatoms. The maximum Gasteiger partial charge on any atom is 0.290 e. The van der Waals surface area contributed by atoms with Crippen molar-refractivity contribution >= 4 is 5.69 Å². The van der Waals surface area contributed by atoms with Crippen molar-refractivity contribution in [2.45, 2.75) is 19.3 Å². The second kappa shape index (κ2) is 9.34. The Morgan fingerprint density at radius 2 is 2.17 bits per heavy atom. The number of hydrogen-bond acceptors (Lipinski definition) is 8. The van der Waals surface area contributed by atoms with Crippen molar-refractivity contribution < 1.29 is 9.47 Å². The Morgan fingerprint density at radius 1 is 1.37 bits per heavy atom. The largest absolute Gasteiger partial charge is 0.495 e. The van der Waals surface area contributed by atoms with Gasteiger partial charge < -0.3 is 26.3 Å². The monoisotopic (exact) mass is 412 g/mol. The zero-order valence-corrected chi connectivity index (χ0v) is 17.5. The molecule has 160 valence electrons. The van der Waals surface area contributed by atoms with Gasteiger partial charge in [0, 0.05) is 42.0 Å². The summed E-state index contributed by atoms with van der Waals surface area (Å²) in [4.78, 5) is 16.8. The molecule has 0 bridgehead atoms. The first-order valence-electron chi connectivity index (χ1n) is 9.70. The molecule has 0 radical (unpaired) electrons. The van der Waals surface area contributed by atoms with Gasteiger partial charge in [-0.2, -0.15) is 0 Å². The molecule has 0 saturated heterocycles. The highest BCUT2D eigenvalue weighted by atomic mass is 16.5. The van der Waals surface area contributed by atoms with E-state index in [2.05, 4.69) is 15.4 Å². The molecule has 0 spiro atoms. The molecule has 30 heavy (non-hydrogen) atoms. The van der Waals surface area contributed by atoms with Crippen LogP contribution < -0.4 is 31.8 Å². The Morgan fingerprint density at radius 3 is 2.83 bits per heavy atom. The van der Waals surface area contributed by atoms with Crippen LogP contribution in [-0.2, 0) is 7.05 Å². The molecule has 0 amide bonds. The second-order valence-electron chi connectivity index (χ2n) is 7.37. The summed E-state index contributed by atoms with van der Waals surface area (Å²) in [5.74, 6) is 1.86. The Bertz CT molecular complexity index is 993. The first-order chi connectivity index (χ1) is 14.4. The topological polar surface area (TPSA) is 130 Å². The average Bonchev–Trinajstić information content (AvgIpc) is 3.51. The van der Waals surface area contributed by atoms with Crippen molar-refractivity contribution in [2.75, 3.05) is 25.6 Å². The van der Waals surface area contributed by atoms with Crippen molar-refractivity contribution in [2.24, 2.45) is 24.4 Å². The molecule has 2 heterocycles. The quantitative estimate of drug-likeness (QED) is 0.528. The van der Waals surface area contributed by atoms with Crippen LogP contribution in [0.15, 0.2) is 52.7 Å². The van der Waals surface area contributed by atoms with Crippen LogP contribution in [-0.4, -0.2) is 35.0 Å². The van der Waals surface area contributed by atoms with Gasteiger partial charge in [-0.3, -0.25) is 9.78 Å². The molecule has 0 aromatic carbocycles. The first kappa shape index (κ1) is 21.2. The highest BCUT2D eigenvalue weighted by Gasteiger charge is 2.40. The number of rotatable bonds is 9. The maximum absolute atomic E-state index is 12.3. The molecule has 0 aliphatic heterocycles. The third-order valence-corrected chi connectivity index (χ3v) is 4.83. The molecule has 9 nitrogen and oxygen atoms in total. The highest BCUT2D eigenvalue weighted by molar-refractivity contribution is 5.44. The van der Waals surface area contributed by atoms with Crippen molar-refractivity contribution in [3.63, 3.8) is 0 Å². The van der Waals surface area contributed by atoms with Crippen molar-refractivity contribution in [1.82, 2.24) is 14.8 Å². The zero-order valence-electron chi connectivity index (χ0n) is 17.5. The molecule has 2 aromatic heterocycles. The number of nitrogens with zero attached hydrogens (tertiary/aromatic N) is 3. The van der Waals surface area contributed by atoms with Crippen LogP contribution in [0.1, 0.15) is 25.0 Å². The van der Waals surface area contributed by atoms with Gasteiger partial charge in [0.1, 0.15) is 11.4 Å². The predicted molar refractivity (Wildman–Crippen MR) is 115 cm³/mol. The Hall–Kier alpha value is -3.49. The van der Waals surface area contributed by atoms with Gasteiger partial charge in [0.2, 0.25) is 5.88 Å². The number of anilines is 1. The first-order valence-corrected chi connectivity index (χ1v) is 9.70. The summed E-state index contributed by atoms with van der Waals surface area (Å²) < 4.78 is 12.2. The number of pyridine rings is 1. The Labute approximate surface area is 175 Å². The predicted octanol–water partition coefficient (Wildman–Crippen LogP) is 1.48. The molecular weight excluding hydrogens is 384 g/mol. The highest BCUT2D eigenvalue weighted by Crippen LogP contribution is 2.46. The van der Waals surface area contributed by atoms with E-state index in [1.165, 1.54) is 4.68 Å². The van der Waals surface area contributed by atoms with Gasteiger partial charge in [-0.15, -0.1) is 5.10 Å². The minimum Gasteiger partial charge on any atom is -0.495 e. The number of aryl methyl sites for hydroxylation is 1. The Balaban J connectivity index is 1.58. The van der Waals surface area contributed by atoms with Gasteiger partial charge in [0.05, 0.1) is 26.5 Å². The van der Waals surface area contributed by atoms with Gasteiger partial charge in [-0.1, -0.05) is 0 Å². The molecule has 1 fully saturated rings. The zero-order chi connectivity index (χ0) is 21.7. The average molecular weight is 412 g/mol. The minimum absolute atomic E-state index is 0.257. The van der Waals surface area contributed by atoms with Gasteiger partial charge in [-0.05, 0) is 37.6 Å². The fourth-order valence-electron chi connectivity index (χ4n) is 2.99. The standard InChI is InChI=1S/C21H28N6O3/c1-13(22)4-5-15(23)10-24-19-9-20(26-27(2)21(19)28)30-12-14-8-17(14)18-7-6-16(29-3)11-25-18/h4-7,9,11,14,17,24H,8,10,12,22-23H2,1-3H3/b13-4-,15-5-. The van der Waals surface area contributed by atoms with Crippen molar-refractivity contribution in [3.05, 3.63) is 64.0 Å². The van der Waals surface area contributed by atoms with E-state index in [9.17, 15) is 4.79 Å². The number of aromatic nitrogens is 3. The van der Waals surface area contributed by atoms with Crippen LogP contribution in [0.5, 0.6) is 11.6 Å². The summed E-state index contributed by atoms with van der Waals surface area (Å²) in [6.07, 6.45) is 6.14. The van der Waals surface area contributed by atoms with Crippen LogP contribution in [0.4, 0.5) is 5.69 Å². The molecule has 2 atom stereocenters.